The summed E-state index contributed by atoms with van der Waals surface area (Å²) in [7, 11) is 3.88. The van der Waals surface area contributed by atoms with Crippen molar-refractivity contribution in [2.24, 2.45) is 5.10 Å². The van der Waals surface area contributed by atoms with Gasteiger partial charge in [-0.05, 0) is 55.7 Å². The number of nitrogens with one attached hydrogen (secondary N) is 1. The van der Waals surface area contributed by atoms with E-state index in [1.165, 1.54) is 0 Å². The number of hydrogen-bond donors (Lipinski definition) is 1. The smallest absolute Gasteiger partial charge is 0.271 e. The van der Waals surface area contributed by atoms with E-state index in [9.17, 15) is 4.79 Å². The number of carbonyl (C=O) groups excluding carboxylic acids is 1. The molecule has 1 heterocycles. The summed E-state index contributed by atoms with van der Waals surface area (Å²) < 4.78 is 10.7. The molecule has 6 heteroatoms. The fraction of sp³-hybridized carbons (Fsp3) is 0.300. The summed E-state index contributed by atoms with van der Waals surface area (Å²) in [4.78, 5) is 14.2. The van der Waals surface area contributed by atoms with Crippen molar-refractivity contribution in [1.82, 2.24) is 5.43 Å². The van der Waals surface area contributed by atoms with Crippen LogP contribution in [-0.2, 0) is 6.42 Å². The average Bonchev–Trinajstić information content (AvgIpc) is 3.12. The Bertz CT molecular complexity index is 831. The van der Waals surface area contributed by atoms with E-state index in [1.54, 1.807) is 6.07 Å². The third-order valence-electron chi connectivity index (χ3n) is 4.19. The molecule has 6 nitrogen and oxygen atoms in total. The predicted molar refractivity (Wildman–Crippen MR) is 102 cm³/mol. The van der Waals surface area contributed by atoms with Crippen molar-refractivity contribution in [2.75, 3.05) is 25.8 Å². The lowest BCUT2D eigenvalue weighted by molar-refractivity contribution is 0.0954. The van der Waals surface area contributed by atoms with Gasteiger partial charge in [-0.25, -0.2) is 5.43 Å². The maximum Gasteiger partial charge on any atom is 0.271 e. The van der Waals surface area contributed by atoms with E-state index in [0.29, 0.717) is 5.56 Å². The van der Waals surface area contributed by atoms with Crippen LogP contribution in [0.4, 0.5) is 5.69 Å². The highest BCUT2D eigenvalue weighted by molar-refractivity contribution is 5.96. The van der Waals surface area contributed by atoms with E-state index in [4.69, 9.17) is 9.47 Å². The topological polar surface area (TPSA) is 63.2 Å². The average molecular weight is 353 g/mol. The first-order chi connectivity index (χ1) is 12.5. The van der Waals surface area contributed by atoms with Crippen molar-refractivity contribution < 1.29 is 14.3 Å². The first kappa shape index (κ1) is 17.8. The van der Waals surface area contributed by atoms with Crippen LogP contribution in [0.5, 0.6) is 11.5 Å². The molecule has 1 amide bonds. The molecule has 136 valence electrons. The minimum atomic E-state index is -0.212. The number of ether oxygens (including phenoxy) is 2. The molecule has 0 atom stereocenters. The summed E-state index contributed by atoms with van der Waals surface area (Å²) in [5.74, 6) is 1.36. The second kappa shape index (κ2) is 7.91. The quantitative estimate of drug-likeness (QED) is 0.640. The Labute approximate surface area is 153 Å². The van der Waals surface area contributed by atoms with Crippen molar-refractivity contribution in [1.29, 1.82) is 0 Å². The van der Waals surface area contributed by atoms with Gasteiger partial charge in [0.25, 0.3) is 5.91 Å². The van der Waals surface area contributed by atoms with Crippen LogP contribution in [0.1, 0.15) is 29.3 Å². The summed E-state index contributed by atoms with van der Waals surface area (Å²) in [5, 5.41) is 4.21. The van der Waals surface area contributed by atoms with Crippen LogP contribution in [0.3, 0.4) is 0 Å². The van der Waals surface area contributed by atoms with Crippen LogP contribution >= 0.6 is 0 Å². The molecule has 1 aliphatic heterocycles. The molecule has 0 aliphatic carbocycles. The first-order valence-electron chi connectivity index (χ1n) is 8.52. The Kier molecular flexibility index (Phi) is 5.41. The number of fused-ring (bicyclic) bond motifs is 1. The largest absolute Gasteiger partial charge is 0.454 e. The molecule has 0 fully saturated rings. The zero-order valence-electron chi connectivity index (χ0n) is 15.3. The van der Waals surface area contributed by atoms with E-state index in [-0.39, 0.29) is 12.7 Å². The number of hydrazone groups is 1. The van der Waals surface area contributed by atoms with Crippen molar-refractivity contribution in [3.05, 3.63) is 53.6 Å². The monoisotopic (exact) mass is 353 g/mol. The molecule has 0 unspecified atom stereocenters. The molecule has 2 aromatic carbocycles. The van der Waals surface area contributed by atoms with Gasteiger partial charge in [0.2, 0.25) is 6.79 Å². The highest BCUT2D eigenvalue weighted by Crippen LogP contribution is 2.32. The Hall–Kier alpha value is -3.02. The summed E-state index contributed by atoms with van der Waals surface area (Å²) >= 11 is 0. The van der Waals surface area contributed by atoms with E-state index in [0.717, 1.165) is 41.3 Å². The number of rotatable bonds is 6. The molecule has 3 rings (SSSR count). The zero-order chi connectivity index (χ0) is 18.5. The fourth-order valence-corrected chi connectivity index (χ4v) is 2.61. The minimum absolute atomic E-state index is 0.212. The summed E-state index contributed by atoms with van der Waals surface area (Å²) in [6, 6.07) is 13.4. The maximum absolute atomic E-state index is 12.3. The second-order valence-electron chi connectivity index (χ2n) is 6.42. The predicted octanol–water partition coefficient (Wildman–Crippen LogP) is 3.22. The lowest BCUT2D eigenvalue weighted by atomic mass is 10.1. The lowest BCUT2D eigenvalue weighted by Gasteiger charge is -2.13. The Morgan fingerprint density at radius 3 is 2.77 bits per heavy atom. The Morgan fingerprint density at radius 2 is 1.96 bits per heavy atom. The third-order valence-corrected chi connectivity index (χ3v) is 4.19. The van der Waals surface area contributed by atoms with Gasteiger partial charge >= 0.3 is 0 Å². The van der Waals surface area contributed by atoms with Gasteiger partial charge in [-0.2, -0.15) is 5.10 Å². The van der Waals surface area contributed by atoms with Gasteiger partial charge in [0, 0.05) is 31.1 Å². The summed E-state index contributed by atoms with van der Waals surface area (Å²) in [5.41, 5.74) is 6.20. The van der Waals surface area contributed by atoms with Crippen LogP contribution < -0.4 is 19.8 Å². The van der Waals surface area contributed by atoms with Gasteiger partial charge in [-0.3, -0.25) is 4.79 Å². The normalized spacial score (nSPS) is 12.8. The van der Waals surface area contributed by atoms with Crippen LogP contribution in [0.15, 0.2) is 47.6 Å². The molecule has 0 aromatic heterocycles. The molecule has 0 bridgehead atoms. The number of hydrogen-bond acceptors (Lipinski definition) is 5. The van der Waals surface area contributed by atoms with Crippen LogP contribution in [0.25, 0.3) is 0 Å². The molecule has 2 aromatic rings. The van der Waals surface area contributed by atoms with Crippen LogP contribution in [-0.4, -0.2) is 32.5 Å². The molecule has 26 heavy (non-hydrogen) atoms. The molecule has 1 N–H and O–H groups in total. The first-order valence-corrected chi connectivity index (χ1v) is 8.52. The van der Waals surface area contributed by atoms with E-state index >= 15 is 0 Å². The SMILES string of the molecule is C/C(CCc1ccc2c(c1)OCO2)=N\NC(=O)c1cccc(N(C)C)c1. The van der Waals surface area contributed by atoms with Gasteiger partial charge < -0.3 is 14.4 Å². The number of aryl methyl sites for hydroxylation is 1. The number of benzene rings is 2. The standard InChI is InChI=1S/C20H23N3O3/c1-14(7-8-15-9-10-18-19(11-15)26-13-25-18)21-22-20(24)16-5-4-6-17(12-16)23(2)3/h4-6,9-12H,7-8,13H2,1-3H3,(H,22,24)/b21-14+. The molecule has 0 saturated carbocycles. The van der Waals surface area contributed by atoms with Crippen molar-refractivity contribution in [3.8, 4) is 11.5 Å². The lowest BCUT2D eigenvalue weighted by Crippen LogP contribution is -2.20. The Balaban J connectivity index is 1.55. The summed E-state index contributed by atoms with van der Waals surface area (Å²) in [6.45, 7) is 2.18. The summed E-state index contributed by atoms with van der Waals surface area (Å²) in [6.07, 6.45) is 1.57. The van der Waals surface area contributed by atoms with Gasteiger partial charge in [0.05, 0.1) is 0 Å². The molecular weight excluding hydrogens is 330 g/mol. The van der Waals surface area contributed by atoms with Crippen LogP contribution in [0, 0.1) is 0 Å². The highest BCUT2D eigenvalue weighted by Gasteiger charge is 2.13. The number of carbonyl (C=O) groups is 1. The van der Waals surface area contributed by atoms with E-state index in [1.807, 2.05) is 62.3 Å². The zero-order valence-corrected chi connectivity index (χ0v) is 15.3. The third kappa shape index (κ3) is 4.33. The van der Waals surface area contributed by atoms with Crippen LogP contribution in [0.2, 0.25) is 0 Å². The molecule has 0 radical (unpaired) electrons. The maximum atomic E-state index is 12.3. The van der Waals surface area contributed by atoms with Gasteiger partial charge in [-0.1, -0.05) is 12.1 Å². The van der Waals surface area contributed by atoms with E-state index < -0.39 is 0 Å². The second-order valence-corrected chi connectivity index (χ2v) is 6.42. The molecular formula is C20H23N3O3. The number of anilines is 1. The number of amides is 1. The molecule has 0 saturated heterocycles. The molecule has 0 spiro atoms. The molecule has 1 aliphatic rings. The Morgan fingerprint density at radius 1 is 1.15 bits per heavy atom. The van der Waals surface area contributed by atoms with E-state index in [2.05, 4.69) is 10.5 Å². The fourth-order valence-electron chi connectivity index (χ4n) is 2.61. The minimum Gasteiger partial charge on any atom is -0.454 e. The number of nitrogens with zero attached hydrogens (tertiary/aromatic N) is 2. The van der Waals surface area contributed by atoms with Gasteiger partial charge in [0.1, 0.15) is 0 Å². The van der Waals surface area contributed by atoms with Gasteiger partial charge in [-0.15, -0.1) is 0 Å². The van der Waals surface area contributed by atoms with Crippen molar-refractivity contribution >= 4 is 17.3 Å². The van der Waals surface area contributed by atoms with Crippen molar-refractivity contribution in [3.63, 3.8) is 0 Å². The van der Waals surface area contributed by atoms with Gasteiger partial charge in [0.15, 0.2) is 11.5 Å². The highest BCUT2D eigenvalue weighted by atomic mass is 16.7. The van der Waals surface area contributed by atoms with Crippen molar-refractivity contribution in [2.45, 2.75) is 19.8 Å².